The van der Waals surface area contributed by atoms with Crippen molar-refractivity contribution in [3.05, 3.63) is 95.1 Å². The molecule has 0 bridgehead atoms. The van der Waals surface area contributed by atoms with Gasteiger partial charge in [-0.05, 0) is 89.8 Å². The summed E-state index contributed by atoms with van der Waals surface area (Å²) in [7, 11) is 0. The molecule has 1 fully saturated rings. The normalized spacial score (nSPS) is 16.5. The van der Waals surface area contributed by atoms with E-state index in [-0.39, 0.29) is 50.2 Å². The zero-order valence-electron chi connectivity index (χ0n) is 29.8. The fourth-order valence-corrected chi connectivity index (χ4v) is 5.60. The van der Waals surface area contributed by atoms with Crippen molar-refractivity contribution in [1.82, 2.24) is 15.3 Å². The van der Waals surface area contributed by atoms with Gasteiger partial charge in [0.15, 0.2) is 0 Å². The van der Waals surface area contributed by atoms with Crippen LogP contribution >= 0.6 is 0 Å². The number of morpholine rings is 1. The van der Waals surface area contributed by atoms with Gasteiger partial charge in [-0.25, -0.2) is 33.2 Å². The molecule has 276 valence electrons. The molecule has 51 heavy (non-hydrogen) atoms. The van der Waals surface area contributed by atoms with E-state index in [4.69, 9.17) is 19.9 Å². The number of nitrogens with two attached hydrogens (primary N) is 1. The van der Waals surface area contributed by atoms with Crippen LogP contribution in [0.15, 0.2) is 60.9 Å². The Labute approximate surface area is 296 Å². The van der Waals surface area contributed by atoms with Gasteiger partial charge in [-0.2, -0.15) is 0 Å². The molecule has 1 aliphatic heterocycles. The highest BCUT2D eigenvalue weighted by atomic mass is 19.1. The van der Waals surface area contributed by atoms with Crippen LogP contribution in [0.5, 0.6) is 0 Å². The summed E-state index contributed by atoms with van der Waals surface area (Å²) in [5.41, 5.74) is 7.78. The molecule has 3 amide bonds. The van der Waals surface area contributed by atoms with Gasteiger partial charge in [0.2, 0.25) is 5.91 Å². The Morgan fingerprint density at radius 2 is 1.51 bits per heavy atom. The third-order valence-corrected chi connectivity index (χ3v) is 7.98. The monoisotopic (exact) mass is 713 g/mol. The van der Waals surface area contributed by atoms with Crippen LogP contribution in [-0.4, -0.2) is 71.0 Å². The molecule has 2 heterocycles. The van der Waals surface area contributed by atoms with E-state index in [0.717, 1.165) is 11.2 Å². The zero-order chi connectivity index (χ0) is 37.5. The topological polar surface area (TPSA) is 136 Å². The summed E-state index contributed by atoms with van der Waals surface area (Å²) in [6.07, 6.45) is 0.103. The lowest BCUT2D eigenvalue weighted by Crippen LogP contribution is -2.56. The van der Waals surface area contributed by atoms with E-state index in [9.17, 15) is 23.2 Å². The molecule has 14 heteroatoms. The number of ether oxygens (including phenoxy) is 3. The lowest BCUT2D eigenvalue weighted by Gasteiger charge is -2.39. The van der Waals surface area contributed by atoms with E-state index in [1.54, 1.807) is 41.5 Å². The van der Waals surface area contributed by atoms with Crippen LogP contribution in [0.1, 0.15) is 77.0 Å². The van der Waals surface area contributed by atoms with Crippen LogP contribution in [-0.2, 0) is 25.4 Å². The van der Waals surface area contributed by atoms with Crippen LogP contribution in [0, 0.1) is 17.5 Å². The molecule has 1 aromatic heterocycles. The van der Waals surface area contributed by atoms with E-state index in [2.05, 4.69) is 10.4 Å². The maximum Gasteiger partial charge on any atom is 0.427 e. The van der Waals surface area contributed by atoms with Crippen molar-refractivity contribution in [3.8, 4) is 0 Å². The Balaban J connectivity index is 1.65. The second kappa shape index (κ2) is 16.6. The molecular formula is C37H46F3N5O6. The van der Waals surface area contributed by atoms with Crippen molar-refractivity contribution in [3.63, 3.8) is 0 Å². The molecule has 3 aromatic rings. The van der Waals surface area contributed by atoms with E-state index in [0.29, 0.717) is 11.1 Å². The van der Waals surface area contributed by atoms with Crippen LogP contribution in [0.4, 0.5) is 28.4 Å². The van der Waals surface area contributed by atoms with Gasteiger partial charge in [-0.15, -0.1) is 0 Å². The van der Waals surface area contributed by atoms with Gasteiger partial charge in [-0.1, -0.05) is 24.3 Å². The first-order valence-electron chi connectivity index (χ1n) is 16.7. The van der Waals surface area contributed by atoms with Gasteiger partial charge in [0, 0.05) is 24.4 Å². The van der Waals surface area contributed by atoms with Crippen molar-refractivity contribution in [2.45, 2.75) is 90.1 Å². The number of anilines is 1. The lowest BCUT2D eigenvalue weighted by atomic mass is 9.88. The van der Waals surface area contributed by atoms with Gasteiger partial charge in [-0.3, -0.25) is 14.7 Å². The van der Waals surface area contributed by atoms with Crippen molar-refractivity contribution in [2.24, 2.45) is 5.73 Å². The summed E-state index contributed by atoms with van der Waals surface area (Å²) < 4.78 is 60.4. The summed E-state index contributed by atoms with van der Waals surface area (Å²) in [5, 5.41) is 0.888. The van der Waals surface area contributed by atoms with Crippen molar-refractivity contribution >= 4 is 23.8 Å². The Bertz CT molecular complexity index is 1620. The number of carbonyl (C=O) groups excluding carboxylic acids is 3. The summed E-state index contributed by atoms with van der Waals surface area (Å²) in [4.78, 5) is 45.8. The molecule has 2 atom stereocenters. The van der Waals surface area contributed by atoms with Crippen molar-refractivity contribution < 1.29 is 41.8 Å². The molecule has 1 aliphatic rings. The number of pyridine rings is 1. The first-order valence-corrected chi connectivity index (χ1v) is 16.7. The van der Waals surface area contributed by atoms with Gasteiger partial charge < -0.3 is 19.9 Å². The molecule has 0 radical (unpaired) electrons. The Hall–Kier alpha value is -4.69. The SMILES string of the molecule is CC(C)(C)OC(=O)NN(C(=O)CC(c1ccc(F)cc1)c1ccc(F)cc1)c1cncc(F)c1CC[C@@H]1CN(C(=O)OC(C)(C)C)[C@H](CN)CO1. The second-order valence-electron chi connectivity index (χ2n) is 14.3. The van der Waals surface area contributed by atoms with Crippen LogP contribution < -0.4 is 16.2 Å². The van der Waals surface area contributed by atoms with Crippen LogP contribution in [0.25, 0.3) is 0 Å². The molecule has 0 saturated carbocycles. The maximum atomic E-state index is 15.7. The number of carbonyl (C=O) groups is 3. The summed E-state index contributed by atoms with van der Waals surface area (Å²) in [6.45, 7) is 10.6. The first kappa shape index (κ1) is 39.1. The number of hydrazine groups is 1. The highest BCUT2D eigenvalue weighted by Crippen LogP contribution is 2.32. The Kier molecular flexibility index (Phi) is 12.7. The molecule has 11 nitrogen and oxygen atoms in total. The number of rotatable bonds is 9. The average molecular weight is 714 g/mol. The second-order valence-corrected chi connectivity index (χ2v) is 14.3. The number of nitrogens with zero attached hydrogens (tertiary/aromatic N) is 3. The minimum Gasteiger partial charge on any atom is -0.444 e. The lowest BCUT2D eigenvalue weighted by molar-refractivity contribution is -0.119. The van der Waals surface area contributed by atoms with Crippen molar-refractivity contribution in [1.29, 1.82) is 0 Å². The average Bonchev–Trinajstić information content (AvgIpc) is 3.04. The van der Waals surface area contributed by atoms with Crippen LogP contribution in [0.3, 0.4) is 0 Å². The molecule has 2 aromatic carbocycles. The molecular weight excluding hydrogens is 667 g/mol. The molecule has 0 spiro atoms. The number of nitrogens with one attached hydrogen (secondary N) is 1. The smallest absolute Gasteiger partial charge is 0.427 e. The summed E-state index contributed by atoms with van der Waals surface area (Å²) in [6, 6.07) is 10.6. The Morgan fingerprint density at radius 3 is 2.04 bits per heavy atom. The number of amides is 3. The third-order valence-electron chi connectivity index (χ3n) is 7.98. The number of hydrogen-bond acceptors (Lipinski definition) is 8. The fourth-order valence-electron chi connectivity index (χ4n) is 5.60. The van der Waals surface area contributed by atoms with E-state index >= 15 is 4.39 Å². The minimum atomic E-state index is -0.984. The zero-order valence-corrected chi connectivity index (χ0v) is 29.8. The fraction of sp³-hybridized carbons (Fsp3) is 0.459. The summed E-state index contributed by atoms with van der Waals surface area (Å²) >= 11 is 0. The minimum absolute atomic E-state index is 0.0168. The number of aromatic nitrogens is 1. The van der Waals surface area contributed by atoms with Gasteiger partial charge in [0.1, 0.15) is 28.7 Å². The number of hydrogen-bond donors (Lipinski definition) is 2. The van der Waals surface area contributed by atoms with E-state index < -0.39 is 64.8 Å². The van der Waals surface area contributed by atoms with Crippen molar-refractivity contribution in [2.75, 3.05) is 24.7 Å². The Morgan fingerprint density at radius 1 is 0.941 bits per heavy atom. The molecule has 1 saturated heterocycles. The predicted octanol–water partition coefficient (Wildman–Crippen LogP) is 6.39. The number of benzene rings is 2. The standard InChI is InChI=1S/C37H46F3N5O6/c1-36(2,3)50-34(47)43-45(33(46)17-30(23-7-11-25(38)12-8-23)24-9-13-26(39)14-10-24)32-20-42-19-31(40)29(32)16-15-28-21-44(27(18-41)22-49-28)35(48)51-37(4,5)6/h7-14,19-20,27-28,30H,15-18,21-22,41H2,1-6H3,(H,43,47)/t27-,28-/m1/s1. The molecule has 3 N–H and O–H groups in total. The summed E-state index contributed by atoms with van der Waals surface area (Å²) in [5.74, 6) is -3.12. The molecule has 4 rings (SSSR count). The van der Waals surface area contributed by atoms with Gasteiger partial charge >= 0.3 is 12.2 Å². The molecule has 0 unspecified atom stereocenters. The quantitative estimate of drug-likeness (QED) is 0.244. The highest BCUT2D eigenvalue weighted by Gasteiger charge is 2.35. The highest BCUT2D eigenvalue weighted by molar-refractivity contribution is 5.96. The first-order chi connectivity index (χ1) is 23.9. The van der Waals surface area contributed by atoms with Gasteiger partial charge in [0.25, 0.3) is 0 Å². The maximum absolute atomic E-state index is 15.7. The van der Waals surface area contributed by atoms with Crippen LogP contribution in [0.2, 0.25) is 0 Å². The number of halogens is 3. The van der Waals surface area contributed by atoms with E-state index in [1.165, 1.54) is 59.6 Å². The molecule has 0 aliphatic carbocycles. The third kappa shape index (κ3) is 11.1. The predicted molar refractivity (Wildman–Crippen MR) is 184 cm³/mol. The van der Waals surface area contributed by atoms with E-state index in [1.807, 2.05) is 0 Å². The largest absolute Gasteiger partial charge is 0.444 e. The van der Waals surface area contributed by atoms with Gasteiger partial charge in [0.05, 0.1) is 43.4 Å².